The number of hydrogen-bond acceptors (Lipinski definition) is 2. The topological polar surface area (TPSA) is 26.0 Å². The molecule has 0 spiro atoms. The first-order valence-electron chi connectivity index (χ1n) is 4.42. The summed E-state index contributed by atoms with van der Waals surface area (Å²) in [6, 6.07) is 9.65. The Labute approximate surface area is 118 Å². The van der Waals surface area contributed by atoms with Gasteiger partial charge in [-0.05, 0) is 29.1 Å². The average molecular weight is 339 g/mol. The van der Waals surface area contributed by atoms with E-state index < -0.39 is 0 Å². The summed E-state index contributed by atoms with van der Waals surface area (Å²) in [5.41, 5.74) is 7.08. The predicted molar refractivity (Wildman–Crippen MR) is 76.7 cm³/mol. The molecule has 0 bridgehead atoms. The van der Waals surface area contributed by atoms with Crippen LogP contribution in [0.4, 0.5) is 0 Å². The molecule has 0 amide bonds. The fourth-order valence-electron chi connectivity index (χ4n) is 1.38. The SMILES string of the molecule is Cl.N[C@@H](c1cccs1)c1ccc(Br)cc1Cl. The summed E-state index contributed by atoms with van der Waals surface area (Å²) in [4.78, 5) is 1.12. The normalized spacial score (nSPS) is 11.9. The molecule has 0 saturated heterocycles. The number of thiophene rings is 1. The molecule has 0 unspecified atom stereocenters. The van der Waals surface area contributed by atoms with Crippen LogP contribution in [0.25, 0.3) is 0 Å². The van der Waals surface area contributed by atoms with Gasteiger partial charge in [-0.3, -0.25) is 0 Å². The lowest BCUT2D eigenvalue weighted by Gasteiger charge is -2.12. The van der Waals surface area contributed by atoms with Crippen LogP contribution >= 0.6 is 51.3 Å². The Morgan fingerprint density at radius 3 is 2.62 bits per heavy atom. The molecule has 5 heteroatoms. The van der Waals surface area contributed by atoms with E-state index >= 15 is 0 Å². The molecule has 86 valence electrons. The lowest BCUT2D eigenvalue weighted by molar-refractivity contribution is 0.893. The van der Waals surface area contributed by atoms with Gasteiger partial charge in [0.05, 0.1) is 6.04 Å². The number of hydrogen-bond donors (Lipinski definition) is 1. The summed E-state index contributed by atoms with van der Waals surface area (Å²) < 4.78 is 0.967. The second kappa shape index (κ2) is 6.03. The highest BCUT2D eigenvalue weighted by Gasteiger charge is 2.13. The number of halogens is 3. The Morgan fingerprint density at radius 2 is 2.06 bits per heavy atom. The Hall–Kier alpha value is -0.0600. The molecule has 0 aliphatic heterocycles. The van der Waals surface area contributed by atoms with E-state index in [1.54, 1.807) is 11.3 Å². The Bertz CT molecular complexity index is 459. The molecule has 2 rings (SSSR count). The molecule has 0 saturated carbocycles. The van der Waals surface area contributed by atoms with E-state index in [0.29, 0.717) is 5.02 Å². The molecule has 0 aliphatic carbocycles. The van der Waals surface area contributed by atoms with E-state index in [0.717, 1.165) is 14.9 Å². The van der Waals surface area contributed by atoms with Crippen LogP contribution in [0.5, 0.6) is 0 Å². The van der Waals surface area contributed by atoms with Crippen molar-refractivity contribution in [3.05, 3.63) is 55.6 Å². The molecule has 1 heterocycles. The van der Waals surface area contributed by atoms with E-state index in [1.807, 2.05) is 35.7 Å². The minimum Gasteiger partial charge on any atom is -0.320 e. The molecule has 0 radical (unpaired) electrons. The lowest BCUT2D eigenvalue weighted by Crippen LogP contribution is -2.10. The van der Waals surface area contributed by atoms with Crippen LogP contribution in [0, 0.1) is 0 Å². The largest absolute Gasteiger partial charge is 0.320 e. The molecule has 1 aromatic carbocycles. The molecule has 2 N–H and O–H groups in total. The van der Waals surface area contributed by atoms with Crippen molar-refractivity contribution in [3.63, 3.8) is 0 Å². The zero-order chi connectivity index (χ0) is 10.8. The number of rotatable bonds is 2. The van der Waals surface area contributed by atoms with Crippen LogP contribution in [0.15, 0.2) is 40.2 Å². The molecule has 1 aromatic heterocycles. The summed E-state index contributed by atoms with van der Waals surface area (Å²) in [5.74, 6) is 0. The predicted octanol–water partition coefficient (Wildman–Crippen LogP) is 4.63. The van der Waals surface area contributed by atoms with Gasteiger partial charge in [-0.15, -0.1) is 23.7 Å². The van der Waals surface area contributed by atoms with Crippen molar-refractivity contribution in [2.24, 2.45) is 5.73 Å². The minimum absolute atomic E-state index is 0. The second-order valence-electron chi connectivity index (χ2n) is 3.16. The second-order valence-corrected chi connectivity index (χ2v) is 5.46. The van der Waals surface area contributed by atoms with Crippen LogP contribution in [-0.2, 0) is 0 Å². The molecule has 0 aliphatic rings. The van der Waals surface area contributed by atoms with E-state index in [9.17, 15) is 0 Å². The van der Waals surface area contributed by atoms with Crippen molar-refractivity contribution in [2.75, 3.05) is 0 Å². The minimum atomic E-state index is -0.134. The van der Waals surface area contributed by atoms with E-state index in [4.69, 9.17) is 17.3 Å². The molecule has 2 aromatic rings. The zero-order valence-corrected chi connectivity index (χ0v) is 12.2. The first-order chi connectivity index (χ1) is 7.18. The van der Waals surface area contributed by atoms with Crippen LogP contribution < -0.4 is 5.73 Å². The van der Waals surface area contributed by atoms with Gasteiger partial charge < -0.3 is 5.73 Å². The third-order valence-electron chi connectivity index (χ3n) is 2.15. The Balaban J connectivity index is 0.00000128. The fourth-order valence-corrected chi connectivity index (χ4v) is 2.91. The molecule has 1 nitrogen and oxygen atoms in total. The standard InChI is InChI=1S/C11H9BrClNS.ClH/c12-7-3-4-8(9(13)6-7)11(14)10-2-1-5-15-10;/h1-6,11H,14H2;1H/t11-;/m1./s1. The Morgan fingerprint density at radius 1 is 1.31 bits per heavy atom. The lowest BCUT2D eigenvalue weighted by atomic mass is 10.1. The van der Waals surface area contributed by atoms with Crippen LogP contribution in [0.3, 0.4) is 0 Å². The number of benzene rings is 1. The van der Waals surface area contributed by atoms with Gasteiger partial charge in [0.15, 0.2) is 0 Å². The number of nitrogens with two attached hydrogens (primary N) is 1. The van der Waals surface area contributed by atoms with Gasteiger partial charge in [0, 0.05) is 14.4 Å². The smallest absolute Gasteiger partial charge is 0.0660 e. The van der Waals surface area contributed by atoms with Crippen LogP contribution in [0.2, 0.25) is 5.02 Å². The van der Waals surface area contributed by atoms with Crippen molar-refractivity contribution >= 4 is 51.3 Å². The van der Waals surface area contributed by atoms with Crippen molar-refractivity contribution in [1.82, 2.24) is 0 Å². The van der Waals surface area contributed by atoms with Gasteiger partial charge in [-0.2, -0.15) is 0 Å². The van der Waals surface area contributed by atoms with Crippen LogP contribution in [0.1, 0.15) is 16.5 Å². The van der Waals surface area contributed by atoms with Gasteiger partial charge in [-0.1, -0.05) is 39.7 Å². The van der Waals surface area contributed by atoms with Gasteiger partial charge >= 0.3 is 0 Å². The molecule has 0 fully saturated rings. The monoisotopic (exact) mass is 337 g/mol. The first kappa shape index (κ1) is 14.0. The zero-order valence-electron chi connectivity index (χ0n) is 8.19. The van der Waals surface area contributed by atoms with Crippen LogP contribution in [-0.4, -0.2) is 0 Å². The van der Waals surface area contributed by atoms with Gasteiger partial charge in [0.2, 0.25) is 0 Å². The fraction of sp³-hybridized carbons (Fsp3) is 0.0909. The quantitative estimate of drug-likeness (QED) is 0.848. The third kappa shape index (κ3) is 2.99. The maximum absolute atomic E-state index is 6.14. The van der Waals surface area contributed by atoms with Crippen molar-refractivity contribution in [2.45, 2.75) is 6.04 Å². The molecular weight excluding hydrogens is 329 g/mol. The van der Waals surface area contributed by atoms with Gasteiger partial charge in [0.1, 0.15) is 0 Å². The highest BCUT2D eigenvalue weighted by molar-refractivity contribution is 9.10. The van der Waals surface area contributed by atoms with Gasteiger partial charge in [-0.25, -0.2) is 0 Å². The van der Waals surface area contributed by atoms with E-state index in [2.05, 4.69) is 15.9 Å². The van der Waals surface area contributed by atoms with Crippen molar-refractivity contribution in [3.8, 4) is 0 Å². The highest BCUT2D eigenvalue weighted by atomic mass is 79.9. The third-order valence-corrected chi connectivity index (χ3v) is 3.92. The summed E-state index contributed by atoms with van der Waals surface area (Å²) in [5, 5.41) is 2.72. The van der Waals surface area contributed by atoms with Crippen molar-refractivity contribution < 1.29 is 0 Å². The van der Waals surface area contributed by atoms with Gasteiger partial charge in [0.25, 0.3) is 0 Å². The summed E-state index contributed by atoms with van der Waals surface area (Å²) >= 11 is 11.2. The summed E-state index contributed by atoms with van der Waals surface area (Å²) in [6.45, 7) is 0. The first-order valence-corrected chi connectivity index (χ1v) is 6.47. The maximum atomic E-state index is 6.14. The summed E-state index contributed by atoms with van der Waals surface area (Å²) in [7, 11) is 0. The maximum Gasteiger partial charge on any atom is 0.0660 e. The van der Waals surface area contributed by atoms with E-state index in [1.165, 1.54) is 0 Å². The average Bonchev–Trinajstić information content (AvgIpc) is 2.69. The van der Waals surface area contributed by atoms with E-state index in [-0.39, 0.29) is 18.4 Å². The molecule has 1 atom stereocenters. The molecule has 16 heavy (non-hydrogen) atoms. The molecular formula is C11H10BrCl2NS. The highest BCUT2D eigenvalue weighted by Crippen LogP contribution is 2.30. The Kier molecular flexibility index (Phi) is 5.28. The summed E-state index contributed by atoms with van der Waals surface area (Å²) in [6.07, 6.45) is 0. The van der Waals surface area contributed by atoms with Crippen molar-refractivity contribution in [1.29, 1.82) is 0 Å².